The molecule has 182 valence electrons. The van der Waals surface area contributed by atoms with Crippen molar-refractivity contribution in [2.24, 2.45) is 0 Å². The Morgan fingerprint density at radius 1 is 1.21 bits per heavy atom. The van der Waals surface area contributed by atoms with Gasteiger partial charge in [0.15, 0.2) is 0 Å². The first-order valence-electron chi connectivity index (χ1n) is 11.7. The van der Waals surface area contributed by atoms with Crippen LogP contribution in [0.1, 0.15) is 54.8 Å². The smallest absolute Gasteiger partial charge is 0.339 e. The van der Waals surface area contributed by atoms with Gasteiger partial charge in [0.25, 0.3) is 0 Å². The minimum atomic E-state index is -1.00. The topological polar surface area (TPSA) is 63.9 Å². The minimum absolute atomic E-state index is 0.00881. The molecule has 2 aromatic carbocycles. The number of hydrogen-bond acceptors (Lipinski definition) is 4. The number of carboxylic acid groups (broad SMARTS) is 1. The molecule has 1 fully saturated rings. The van der Waals surface area contributed by atoms with Crippen molar-refractivity contribution in [2.75, 3.05) is 32.8 Å². The van der Waals surface area contributed by atoms with Gasteiger partial charge in [-0.1, -0.05) is 34.1 Å². The van der Waals surface area contributed by atoms with Crippen molar-refractivity contribution in [2.45, 2.75) is 38.8 Å². The molecule has 1 N–H and O–H groups in total. The first kappa shape index (κ1) is 25.2. The molecule has 1 aromatic heterocycles. The summed E-state index contributed by atoms with van der Waals surface area (Å²) in [6.07, 6.45) is 4.46. The molecule has 4 rings (SSSR count). The highest BCUT2D eigenvalue weighted by Crippen LogP contribution is 2.36. The van der Waals surface area contributed by atoms with Crippen LogP contribution in [0.15, 0.2) is 51.5 Å². The van der Waals surface area contributed by atoms with Gasteiger partial charge in [-0.25, -0.2) is 4.79 Å². The lowest BCUT2D eigenvalue weighted by Crippen LogP contribution is -2.36. The first-order chi connectivity index (χ1) is 16.4. The third-order valence-corrected chi connectivity index (χ3v) is 7.54. The summed E-state index contributed by atoms with van der Waals surface area (Å²) in [4.78, 5) is 14.0. The molecule has 1 aliphatic rings. The molecular formula is C26H30Br2N2O4. The van der Waals surface area contributed by atoms with Crippen LogP contribution < -0.4 is 4.74 Å². The van der Waals surface area contributed by atoms with Gasteiger partial charge in [0.2, 0.25) is 0 Å². The third-order valence-electron chi connectivity index (χ3n) is 6.49. The molecule has 0 amide bonds. The number of carboxylic acids is 1. The molecule has 0 aliphatic carbocycles. The number of piperidine rings is 1. The van der Waals surface area contributed by atoms with E-state index < -0.39 is 5.97 Å². The second kappa shape index (κ2) is 11.2. The van der Waals surface area contributed by atoms with Crippen molar-refractivity contribution in [1.29, 1.82) is 0 Å². The number of ether oxygens (including phenoxy) is 2. The molecule has 0 saturated carbocycles. The Morgan fingerprint density at radius 2 is 1.94 bits per heavy atom. The van der Waals surface area contributed by atoms with E-state index >= 15 is 0 Å². The maximum absolute atomic E-state index is 11.6. The number of benzene rings is 2. The fourth-order valence-electron chi connectivity index (χ4n) is 4.79. The summed E-state index contributed by atoms with van der Waals surface area (Å²) >= 11 is 6.76. The molecule has 0 bridgehead atoms. The van der Waals surface area contributed by atoms with E-state index in [2.05, 4.69) is 78.7 Å². The van der Waals surface area contributed by atoms with E-state index in [1.165, 1.54) is 16.5 Å². The van der Waals surface area contributed by atoms with E-state index in [9.17, 15) is 9.90 Å². The van der Waals surface area contributed by atoms with Crippen LogP contribution in [0.25, 0.3) is 10.9 Å². The number of hydrogen-bond donors (Lipinski definition) is 1. The Hall–Kier alpha value is -1.87. The molecule has 3 aromatic rings. The van der Waals surface area contributed by atoms with Gasteiger partial charge in [-0.05, 0) is 85.4 Å². The molecule has 1 saturated heterocycles. The molecule has 0 radical (unpaired) electrons. The lowest BCUT2D eigenvalue weighted by molar-refractivity contribution is 0.0278. The predicted molar refractivity (Wildman–Crippen MR) is 141 cm³/mol. The van der Waals surface area contributed by atoms with E-state index in [4.69, 9.17) is 9.47 Å². The van der Waals surface area contributed by atoms with Crippen molar-refractivity contribution in [3.63, 3.8) is 0 Å². The Labute approximate surface area is 217 Å². The summed E-state index contributed by atoms with van der Waals surface area (Å²) in [5, 5.41) is 10.8. The lowest BCUT2D eigenvalue weighted by atomic mass is 9.89. The van der Waals surface area contributed by atoms with Crippen LogP contribution in [0.4, 0.5) is 0 Å². The summed E-state index contributed by atoms with van der Waals surface area (Å²) in [5.74, 6) is -0.117. The normalized spacial score (nSPS) is 16.1. The average molecular weight is 594 g/mol. The number of halogens is 2. The Kier molecular flexibility index (Phi) is 8.34. The molecule has 34 heavy (non-hydrogen) atoms. The van der Waals surface area contributed by atoms with Gasteiger partial charge >= 0.3 is 5.97 Å². The second-order valence-electron chi connectivity index (χ2n) is 8.60. The summed E-state index contributed by atoms with van der Waals surface area (Å²) in [5.41, 5.74) is 2.78. The standard InChI is InChI=1S/C26H30Br2N2O4/c1-3-33-17(2)30-16-22(20-6-4-5-7-24(20)30)18-8-10-29(11-9-18)12-13-34-25-21(26(31)32)14-19(27)15-23(25)28/h4-7,14-18H,3,8-13H2,1-2H3,(H,31,32). The number of aromatic carboxylic acids is 1. The number of para-hydroxylation sites is 1. The fraction of sp³-hybridized carbons (Fsp3) is 0.423. The van der Waals surface area contributed by atoms with Gasteiger partial charge in [-0.3, -0.25) is 4.90 Å². The Morgan fingerprint density at radius 3 is 2.65 bits per heavy atom. The number of likely N-dealkylation sites (tertiary alicyclic amines) is 1. The molecule has 2 heterocycles. The number of carbonyl (C=O) groups is 1. The van der Waals surface area contributed by atoms with Crippen LogP contribution in [0.5, 0.6) is 5.75 Å². The molecule has 1 atom stereocenters. The number of fused-ring (bicyclic) bond motifs is 1. The summed E-state index contributed by atoms with van der Waals surface area (Å²) in [6.45, 7) is 7.99. The van der Waals surface area contributed by atoms with Gasteiger partial charge in [-0.2, -0.15) is 0 Å². The zero-order chi connectivity index (χ0) is 24.2. The van der Waals surface area contributed by atoms with Gasteiger partial charge in [0.05, 0.1) is 9.99 Å². The first-order valence-corrected chi connectivity index (χ1v) is 13.3. The second-order valence-corrected chi connectivity index (χ2v) is 10.4. The van der Waals surface area contributed by atoms with Crippen molar-refractivity contribution in [3.8, 4) is 5.75 Å². The van der Waals surface area contributed by atoms with E-state index in [1.807, 2.05) is 6.92 Å². The highest BCUT2D eigenvalue weighted by Gasteiger charge is 2.25. The quantitative estimate of drug-likeness (QED) is 0.300. The third kappa shape index (κ3) is 5.51. The van der Waals surface area contributed by atoms with Crippen LogP contribution in [0.3, 0.4) is 0 Å². The molecule has 6 nitrogen and oxygen atoms in total. The van der Waals surface area contributed by atoms with E-state index in [1.54, 1.807) is 12.1 Å². The van der Waals surface area contributed by atoms with E-state index in [0.29, 0.717) is 33.8 Å². The molecule has 0 spiro atoms. The van der Waals surface area contributed by atoms with Crippen molar-refractivity contribution in [3.05, 3.63) is 62.7 Å². The predicted octanol–water partition coefficient (Wildman–Crippen LogP) is 6.68. The van der Waals surface area contributed by atoms with Gasteiger partial charge in [0, 0.05) is 29.2 Å². The number of aromatic nitrogens is 1. The van der Waals surface area contributed by atoms with Crippen LogP contribution in [-0.2, 0) is 4.74 Å². The van der Waals surface area contributed by atoms with E-state index in [-0.39, 0.29) is 11.8 Å². The fourth-order valence-corrected chi connectivity index (χ4v) is 6.13. The Bertz CT molecular complexity index is 1160. The largest absolute Gasteiger partial charge is 0.490 e. The maximum Gasteiger partial charge on any atom is 0.339 e. The molecule has 1 aliphatic heterocycles. The van der Waals surface area contributed by atoms with Crippen molar-refractivity contribution < 1.29 is 19.4 Å². The van der Waals surface area contributed by atoms with Crippen molar-refractivity contribution in [1.82, 2.24) is 9.47 Å². The van der Waals surface area contributed by atoms with Gasteiger partial charge in [0.1, 0.15) is 24.1 Å². The molecule has 1 unspecified atom stereocenters. The number of rotatable bonds is 9. The summed E-state index contributed by atoms with van der Waals surface area (Å²) < 4.78 is 15.4. The zero-order valence-corrected chi connectivity index (χ0v) is 22.6. The highest BCUT2D eigenvalue weighted by atomic mass is 79.9. The van der Waals surface area contributed by atoms with Crippen LogP contribution >= 0.6 is 31.9 Å². The van der Waals surface area contributed by atoms with Crippen LogP contribution in [-0.4, -0.2) is 53.4 Å². The van der Waals surface area contributed by atoms with E-state index in [0.717, 1.165) is 32.5 Å². The summed E-state index contributed by atoms with van der Waals surface area (Å²) in [7, 11) is 0. The van der Waals surface area contributed by atoms with Crippen LogP contribution in [0, 0.1) is 0 Å². The maximum atomic E-state index is 11.6. The lowest BCUT2D eigenvalue weighted by Gasteiger charge is -2.32. The minimum Gasteiger partial charge on any atom is -0.490 e. The summed E-state index contributed by atoms with van der Waals surface area (Å²) in [6, 6.07) is 12.0. The Balaban J connectivity index is 1.38. The van der Waals surface area contributed by atoms with Gasteiger partial charge < -0.3 is 19.1 Å². The highest BCUT2D eigenvalue weighted by molar-refractivity contribution is 9.11. The molecular weight excluding hydrogens is 564 g/mol. The zero-order valence-electron chi connectivity index (χ0n) is 19.5. The molecule has 8 heteroatoms. The number of nitrogens with zero attached hydrogens (tertiary/aromatic N) is 2. The van der Waals surface area contributed by atoms with Crippen LogP contribution in [0.2, 0.25) is 0 Å². The average Bonchev–Trinajstić information content (AvgIpc) is 3.20. The monoisotopic (exact) mass is 592 g/mol. The van der Waals surface area contributed by atoms with Crippen molar-refractivity contribution >= 4 is 48.7 Å². The SMILES string of the molecule is CCOC(C)n1cc(C2CCN(CCOc3c(Br)cc(Br)cc3C(=O)O)CC2)c2ccccc21. The van der Waals surface area contributed by atoms with Gasteiger partial charge in [-0.15, -0.1) is 0 Å².